The molecule has 0 saturated carbocycles. The molecule has 0 radical (unpaired) electrons. The summed E-state index contributed by atoms with van der Waals surface area (Å²) in [5.41, 5.74) is 11.6. The lowest BCUT2D eigenvalue weighted by molar-refractivity contribution is 0.645. The third kappa shape index (κ3) is 4.71. The van der Waals surface area contributed by atoms with Gasteiger partial charge in [0.15, 0.2) is 6.17 Å². The van der Waals surface area contributed by atoms with Crippen LogP contribution in [0.4, 0.5) is 0 Å². The third-order valence-electron chi connectivity index (χ3n) is 10.3. The molecule has 234 valence electrons. The molecule has 2 atom stereocenters. The lowest BCUT2D eigenvalue weighted by Crippen LogP contribution is -2.30. The Morgan fingerprint density at radius 1 is 0.653 bits per heavy atom. The predicted octanol–water partition coefficient (Wildman–Crippen LogP) is 9.93. The van der Waals surface area contributed by atoms with Crippen LogP contribution in [-0.4, -0.2) is 16.7 Å². The molecule has 0 spiro atoms. The number of aromatic nitrogens is 1. The molecule has 4 heteroatoms. The zero-order valence-corrected chi connectivity index (χ0v) is 26.9. The summed E-state index contributed by atoms with van der Waals surface area (Å²) in [6.07, 6.45) is 21.6. The van der Waals surface area contributed by atoms with Crippen molar-refractivity contribution in [1.29, 1.82) is 0 Å². The van der Waals surface area contributed by atoms with E-state index in [4.69, 9.17) is 4.99 Å². The van der Waals surface area contributed by atoms with E-state index < -0.39 is 0 Å². The van der Waals surface area contributed by atoms with E-state index in [1.165, 1.54) is 54.6 Å². The van der Waals surface area contributed by atoms with Crippen LogP contribution >= 0.6 is 0 Å². The molecule has 0 amide bonds. The zero-order chi connectivity index (χ0) is 32.3. The first kappa shape index (κ1) is 27.9. The zero-order valence-electron chi connectivity index (χ0n) is 26.9. The first-order chi connectivity index (χ1) is 24.3. The molecule has 1 aromatic heterocycles. The van der Waals surface area contributed by atoms with E-state index >= 15 is 0 Å². The van der Waals surface area contributed by atoms with Crippen molar-refractivity contribution in [3.63, 3.8) is 0 Å². The van der Waals surface area contributed by atoms with Crippen LogP contribution in [0, 0.1) is 0 Å². The van der Waals surface area contributed by atoms with Crippen molar-refractivity contribution in [3.05, 3.63) is 185 Å². The monoisotopic (exact) mass is 630 g/mol. The average molecular weight is 631 g/mol. The van der Waals surface area contributed by atoms with E-state index in [-0.39, 0.29) is 12.2 Å². The first-order valence-electron chi connectivity index (χ1n) is 17.2. The SMILES string of the molecule is C1=CC2=CC=C(c3ccc(C4N=C(c5cc6ccccc6c6ccccc56)C=C(c5cc6ccccc6c6c5CCC=C6)N4)[nH]3)NC2C=C1. The minimum Gasteiger partial charge on any atom is -0.373 e. The van der Waals surface area contributed by atoms with Crippen LogP contribution < -0.4 is 10.6 Å². The summed E-state index contributed by atoms with van der Waals surface area (Å²) < 4.78 is 0. The van der Waals surface area contributed by atoms with E-state index in [9.17, 15) is 0 Å². The maximum absolute atomic E-state index is 5.47. The van der Waals surface area contributed by atoms with Gasteiger partial charge in [-0.25, -0.2) is 0 Å². The molecule has 0 bridgehead atoms. The summed E-state index contributed by atoms with van der Waals surface area (Å²) in [7, 11) is 0. The number of H-pyrrole nitrogens is 1. The van der Waals surface area contributed by atoms with Crippen LogP contribution in [0.15, 0.2) is 156 Å². The van der Waals surface area contributed by atoms with Gasteiger partial charge in [0.1, 0.15) is 0 Å². The Morgan fingerprint density at radius 3 is 2.33 bits per heavy atom. The van der Waals surface area contributed by atoms with Crippen LogP contribution in [0.2, 0.25) is 0 Å². The second-order valence-electron chi connectivity index (χ2n) is 13.2. The number of hydrogen-bond acceptors (Lipinski definition) is 3. The van der Waals surface area contributed by atoms with Gasteiger partial charge in [0, 0.05) is 16.8 Å². The highest BCUT2D eigenvalue weighted by Gasteiger charge is 2.26. The summed E-state index contributed by atoms with van der Waals surface area (Å²) in [6, 6.07) is 35.4. The smallest absolute Gasteiger partial charge is 0.160 e. The Bertz CT molecular complexity index is 2570. The highest BCUT2D eigenvalue weighted by molar-refractivity contribution is 6.24. The van der Waals surface area contributed by atoms with Gasteiger partial charge >= 0.3 is 0 Å². The molecule has 0 fully saturated rings. The van der Waals surface area contributed by atoms with E-state index in [1.807, 2.05) is 0 Å². The van der Waals surface area contributed by atoms with Crippen molar-refractivity contribution in [2.24, 2.45) is 4.99 Å². The number of nitrogens with one attached hydrogen (secondary N) is 3. The average Bonchev–Trinajstić information content (AvgIpc) is 3.68. The Balaban J connectivity index is 1.15. The predicted molar refractivity (Wildman–Crippen MR) is 205 cm³/mol. The molecule has 4 aliphatic rings. The van der Waals surface area contributed by atoms with Gasteiger partial charge in [-0.3, -0.25) is 4.99 Å². The topological polar surface area (TPSA) is 52.2 Å². The molecule has 5 aromatic carbocycles. The maximum atomic E-state index is 5.47. The summed E-state index contributed by atoms with van der Waals surface area (Å²) in [5, 5.41) is 15.1. The highest BCUT2D eigenvalue weighted by Crippen LogP contribution is 2.38. The molecule has 2 aliphatic carbocycles. The van der Waals surface area contributed by atoms with Gasteiger partial charge in [-0.1, -0.05) is 115 Å². The van der Waals surface area contributed by atoms with Crippen LogP contribution in [0.5, 0.6) is 0 Å². The minimum absolute atomic E-state index is 0.179. The summed E-state index contributed by atoms with van der Waals surface area (Å²) >= 11 is 0. The fraction of sp³-hybridized carbons (Fsp3) is 0.0889. The number of aliphatic imine (C=N–C) groups is 1. The lowest BCUT2D eigenvalue weighted by atomic mass is 9.86. The number of dihydropyridines is 1. The number of rotatable bonds is 4. The maximum Gasteiger partial charge on any atom is 0.160 e. The Kier molecular flexibility index (Phi) is 6.41. The van der Waals surface area contributed by atoms with Crippen LogP contribution in [0.1, 0.15) is 46.2 Å². The highest BCUT2D eigenvalue weighted by atomic mass is 15.1. The molecule has 6 aromatic rings. The number of nitrogens with zero attached hydrogens (tertiary/aromatic N) is 1. The first-order valence-corrected chi connectivity index (χ1v) is 17.2. The van der Waals surface area contributed by atoms with Gasteiger partial charge in [0.05, 0.1) is 28.8 Å². The Labute approximate surface area is 285 Å². The number of fused-ring (bicyclic) bond motifs is 7. The normalized spacial score (nSPS) is 19.4. The summed E-state index contributed by atoms with van der Waals surface area (Å²) in [5.74, 6) is 0. The molecule has 2 unspecified atom stereocenters. The molecule has 49 heavy (non-hydrogen) atoms. The van der Waals surface area contributed by atoms with Crippen molar-refractivity contribution < 1.29 is 0 Å². The van der Waals surface area contributed by atoms with Crippen molar-refractivity contribution in [3.8, 4) is 0 Å². The summed E-state index contributed by atoms with van der Waals surface area (Å²) in [4.78, 5) is 9.21. The molecule has 3 N–H and O–H groups in total. The van der Waals surface area contributed by atoms with Gasteiger partial charge in [-0.15, -0.1) is 0 Å². The van der Waals surface area contributed by atoms with Crippen LogP contribution in [-0.2, 0) is 6.42 Å². The summed E-state index contributed by atoms with van der Waals surface area (Å²) in [6.45, 7) is 0. The van der Waals surface area contributed by atoms with E-state index in [2.05, 4.69) is 167 Å². The second-order valence-corrected chi connectivity index (χ2v) is 13.2. The molecule has 2 aliphatic heterocycles. The number of allylic oxidation sites excluding steroid dienone is 6. The Hall–Kier alpha value is -6.13. The van der Waals surface area contributed by atoms with Gasteiger partial charge in [-0.05, 0) is 98.3 Å². The molecule has 0 saturated heterocycles. The molecular weight excluding hydrogens is 597 g/mol. The van der Waals surface area contributed by atoms with Gasteiger partial charge < -0.3 is 15.6 Å². The second kappa shape index (κ2) is 11.2. The standard InChI is InChI=1S/C45H34N4/c1-4-14-31-29(12-1)25-37(35-18-8-6-16-33(31)35)43-27-44(38-26-30-13-2-5-15-32(30)34-17-7-9-19-36(34)38)49-45(48-43)42-24-23-41(47-42)40-22-21-28-11-3-10-20-39(28)46-40/h1-8,10-18,20-27,39,45-47,49H,9,19H2. The van der Waals surface area contributed by atoms with E-state index in [1.54, 1.807) is 0 Å². The molecule has 4 nitrogen and oxygen atoms in total. The largest absolute Gasteiger partial charge is 0.373 e. The molecular formula is C45H34N4. The number of hydrogen-bond donors (Lipinski definition) is 3. The van der Waals surface area contributed by atoms with Crippen molar-refractivity contribution in [1.82, 2.24) is 15.6 Å². The Morgan fingerprint density at radius 2 is 1.43 bits per heavy atom. The third-order valence-corrected chi connectivity index (χ3v) is 10.3. The molecule has 10 rings (SSSR count). The van der Waals surface area contributed by atoms with E-state index in [0.29, 0.717) is 0 Å². The van der Waals surface area contributed by atoms with E-state index in [0.717, 1.165) is 46.9 Å². The van der Waals surface area contributed by atoms with Crippen LogP contribution in [0.3, 0.4) is 0 Å². The number of benzene rings is 5. The molecule has 3 heterocycles. The van der Waals surface area contributed by atoms with Gasteiger partial charge in [0.25, 0.3) is 0 Å². The fourth-order valence-electron chi connectivity index (χ4n) is 7.94. The van der Waals surface area contributed by atoms with Crippen molar-refractivity contribution in [2.45, 2.75) is 25.0 Å². The van der Waals surface area contributed by atoms with Gasteiger partial charge in [-0.2, -0.15) is 0 Å². The van der Waals surface area contributed by atoms with Crippen molar-refractivity contribution in [2.75, 3.05) is 0 Å². The quantitative estimate of drug-likeness (QED) is 0.170. The van der Waals surface area contributed by atoms with Crippen LogP contribution in [0.25, 0.3) is 49.8 Å². The number of aromatic amines is 1. The fourth-order valence-corrected chi connectivity index (χ4v) is 7.94. The van der Waals surface area contributed by atoms with Gasteiger partial charge in [0.2, 0.25) is 0 Å². The lowest BCUT2D eigenvalue weighted by Gasteiger charge is -2.28. The minimum atomic E-state index is -0.303. The van der Waals surface area contributed by atoms with Crippen molar-refractivity contribution >= 4 is 55.5 Å².